The Bertz CT molecular complexity index is 234. The van der Waals surface area contributed by atoms with Crippen LogP contribution in [0.2, 0.25) is 0 Å². The van der Waals surface area contributed by atoms with Crippen molar-refractivity contribution in [2.75, 3.05) is 0 Å². The second-order valence-electron chi connectivity index (χ2n) is 0. The van der Waals surface area contributed by atoms with Crippen LogP contribution in [0.25, 0.3) is 11.2 Å². The van der Waals surface area contributed by atoms with Crippen LogP contribution in [0.1, 0.15) is 2.85 Å². The Hall–Kier alpha value is -2.86. The predicted octanol–water partition coefficient (Wildman–Crippen LogP) is -4.16. The molecule has 18 heteroatoms. The average Bonchev–Trinajstić information content (AvgIpc) is 2.84. The Morgan fingerprint density at radius 1 is 0.321 bits per heavy atom. The van der Waals surface area contributed by atoms with Gasteiger partial charge >= 0.3 is 93.3 Å². The van der Waals surface area contributed by atoms with E-state index in [1.54, 1.807) is 0 Å². The number of hydrogen-bond donors (Lipinski definition) is 0. The molecular weight excluding hydrogens is 478 g/mol. The molecule has 0 aliphatic rings. The van der Waals surface area contributed by atoms with Crippen LogP contribution in [0.4, 0.5) is 0 Å². The third-order valence-electron chi connectivity index (χ3n) is 0. The maximum atomic E-state index is 7.25. The first kappa shape index (κ1) is 175. The molecule has 0 unspecified atom stereocenters. The molecule has 0 spiro atoms. The van der Waals surface area contributed by atoms with E-state index in [4.69, 9.17) is 139 Å². The van der Waals surface area contributed by atoms with E-state index in [1.165, 1.54) is 0 Å². The summed E-state index contributed by atoms with van der Waals surface area (Å²) in [6, 6.07) is 0. The van der Waals surface area contributed by atoms with Crippen molar-refractivity contribution < 1.29 is 96.1 Å². The van der Waals surface area contributed by atoms with Gasteiger partial charge in [-0.2, -0.15) is 0 Å². The van der Waals surface area contributed by atoms with Crippen molar-refractivity contribution in [3.8, 4) is 0 Å². The maximum Gasteiger partial charge on any atom is 6.00 e. The Kier molecular flexibility index (Phi) is 9890. The molecule has 0 amide bonds. The molecule has 0 saturated carbocycles. The van der Waals surface area contributed by atoms with Crippen molar-refractivity contribution >= 4 is 0 Å². The van der Waals surface area contributed by atoms with E-state index < -0.39 is 0 Å². The predicted molar refractivity (Wildman–Crippen MR) is 65.4 cm³/mol. The van der Waals surface area contributed by atoms with Crippen molar-refractivity contribution in [2.45, 2.75) is 0 Å². The normalized spacial score (nSPS) is 1.00. The Morgan fingerprint density at radius 3 is 0.321 bits per heavy atom. The summed E-state index contributed by atoms with van der Waals surface area (Å²) >= 11 is 0. The zero-order valence-corrected chi connectivity index (χ0v) is 20.1. The van der Waals surface area contributed by atoms with Crippen LogP contribution in [-0.4, -0.2) is 0 Å². The van der Waals surface area contributed by atoms with E-state index in [2.05, 4.69) is 0 Å². The van der Waals surface area contributed by atoms with Crippen molar-refractivity contribution in [3.05, 3.63) is 86.7 Å². The second kappa shape index (κ2) is 1580. The first-order chi connectivity index (χ1) is 12.0. The van der Waals surface area contributed by atoms with Gasteiger partial charge in [-0.3, -0.25) is 0 Å². The minimum absolute atomic E-state index is 0. The third-order valence-corrected chi connectivity index (χ3v) is 0. The molecule has 0 rings (SSSR count). The Labute approximate surface area is 233 Å². The molecule has 14 nitrogen and oxygen atoms in total. The van der Waals surface area contributed by atoms with Gasteiger partial charge in [0.2, 0.25) is 0 Å². The summed E-state index contributed by atoms with van der Waals surface area (Å²) in [5, 5.41) is 62.5. The van der Waals surface area contributed by atoms with Crippen LogP contribution in [0, 0.1) is 128 Å². The zero-order valence-electron chi connectivity index (χ0n) is 15.9. The quantitative estimate of drug-likeness (QED) is 0.235. The van der Waals surface area contributed by atoms with Gasteiger partial charge in [-0.05, 0) is 0 Å². The fourth-order valence-corrected chi connectivity index (χ4v) is 0. The summed E-state index contributed by atoms with van der Waals surface area (Å²) in [4.78, 5) is 14.5. The standard InChI is InChI=1S/10CN.2Fe.2NO.2Na.2H/c10*1-2;;;2*1-2;;;;/q10*-1;2*+6;2*-1;2*+1;2*-1. The van der Waals surface area contributed by atoms with Crippen molar-refractivity contribution in [3.63, 3.8) is 0 Å². The molecule has 28 heavy (non-hydrogen) atoms. The van der Waals surface area contributed by atoms with E-state index in [0.29, 0.717) is 0 Å². The van der Waals surface area contributed by atoms with E-state index in [9.17, 15) is 0 Å². The van der Waals surface area contributed by atoms with Gasteiger partial charge in [0.15, 0.2) is 0 Å². The molecule has 0 aliphatic heterocycles. The Balaban J connectivity index is -0.00000000321. The summed E-state index contributed by atoms with van der Waals surface area (Å²) in [6.07, 6.45) is 0. The van der Waals surface area contributed by atoms with Crippen LogP contribution in [-0.2, 0) is 34.1 Å². The van der Waals surface area contributed by atoms with Crippen LogP contribution in [0.3, 0.4) is 0 Å². The molecule has 0 N–H and O–H groups in total. The first-order valence-corrected chi connectivity index (χ1v) is 2.60. The third kappa shape index (κ3) is 1390. The molecule has 0 heterocycles. The fourth-order valence-electron chi connectivity index (χ4n) is 0. The summed E-state index contributed by atoms with van der Waals surface area (Å²) in [6.45, 7) is 47.5. The second-order valence-corrected chi connectivity index (χ2v) is 0. The summed E-state index contributed by atoms with van der Waals surface area (Å²) in [7, 11) is 0. The van der Waals surface area contributed by atoms with Crippen LogP contribution < -0.4 is 59.1 Å². The van der Waals surface area contributed by atoms with Gasteiger partial charge in [-0.15, -0.1) is 0 Å². The van der Waals surface area contributed by atoms with Gasteiger partial charge in [-0.25, -0.2) is 0 Å². The SMILES string of the molecule is [C-]#N.[C-]#N.[C-]#N.[C-]#N.[C-]#N.[C-]#N.[C-]#N.[C-]#N.[C-]#N.[C-]#N.[Fe+6].[Fe+6].[H-].[H-].[N-]=O.[N-]=O.[Na+].[Na+]. The minimum Gasteiger partial charge on any atom is -1.00 e. The van der Waals surface area contributed by atoms with Crippen LogP contribution >= 0.6 is 0 Å². The van der Waals surface area contributed by atoms with Crippen LogP contribution in [0.5, 0.6) is 0 Å². The van der Waals surface area contributed by atoms with Gasteiger partial charge in [0.1, 0.15) is 0 Å². The van der Waals surface area contributed by atoms with Gasteiger partial charge < -0.3 is 142 Å². The molecule has 0 aromatic carbocycles. The molecule has 0 fully saturated rings. The first-order valence-electron chi connectivity index (χ1n) is 2.60. The molecular formula is C10H2Fe2N12Na2O2. The molecule has 0 radical (unpaired) electrons. The number of rotatable bonds is 0. The summed E-state index contributed by atoms with van der Waals surface area (Å²) in [5.41, 5.74) is 11.5. The fraction of sp³-hybridized carbons (Fsp3) is 0. The molecule has 0 saturated heterocycles. The molecule has 132 valence electrons. The molecule has 0 aliphatic carbocycles. The van der Waals surface area contributed by atoms with Crippen molar-refractivity contribution in [1.29, 1.82) is 52.6 Å². The number of nitrogens with zero attached hydrogens (tertiary/aromatic N) is 12. The minimum atomic E-state index is 0. The van der Waals surface area contributed by atoms with Crippen molar-refractivity contribution in [2.24, 2.45) is 0 Å². The molecule has 0 bridgehead atoms. The largest absolute Gasteiger partial charge is 6.00 e. The Morgan fingerprint density at radius 2 is 0.321 bits per heavy atom. The molecule has 0 aromatic rings. The smallest absolute Gasteiger partial charge is 1.00 e. The zero-order chi connectivity index (χ0) is 24.0. The van der Waals surface area contributed by atoms with Gasteiger partial charge in [0.05, 0.1) is 0 Å². The van der Waals surface area contributed by atoms with Crippen molar-refractivity contribution in [1.82, 2.24) is 0 Å². The summed E-state index contributed by atoms with van der Waals surface area (Å²) < 4.78 is 0. The maximum absolute atomic E-state index is 7.25. The van der Waals surface area contributed by atoms with Crippen LogP contribution in [0.15, 0.2) is 0 Å². The topological polar surface area (TPSA) is 317 Å². The number of hydrogen-bond acceptors (Lipinski definition) is 12. The van der Waals surface area contributed by atoms with E-state index in [0.717, 1.165) is 0 Å². The van der Waals surface area contributed by atoms with Gasteiger partial charge in [-0.1, -0.05) is 0 Å². The van der Waals surface area contributed by atoms with E-state index in [-0.39, 0.29) is 96.1 Å². The average molecular weight is 480 g/mol. The van der Waals surface area contributed by atoms with E-state index >= 15 is 0 Å². The molecule has 0 atom stereocenters. The van der Waals surface area contributed by atoms with E-state index in [1.807, 2.05) is 0 Å². The van der Waals surface area contributed by atoms with Gasteiger partial charge in [0, 0.05) is 0 Å². The molecule has 0 aromatic heterocycles. The van der Waals surface area contributed by atoms with Gasteiger partial charge in [0.25, 0.3) is 0 Å². The monoisotopic (exact) mass is 480 g/mol. The number of nitroso groups, excluding NO2 is 2. The summed E-state index contributed by atoms with van der Waals surface area (Å²) in [5.74, 6) is 0.